The second-order valence-corrected chi connectivity index (χ2v) is 4.66. The largest absolute Gasteiger partial charge is 0.324 e. The Bertz CT molecular complexity index is 310. The van der Waals surface area contributed by atoms with Crippen LogP contribution in [-0.4, -0.2) is 23.5 Å². The quantitative estimate of drug-likeness (QED) is 0.816. The first-order chi connectivity index (χ1) is 7.22. The van der Waals surface area contributed by atoms with Gasteiger partial charge in [0, 0.05) is 25.2 Å². The van der Waals surface area contributed by atoms with Gasteiger partial charge < -0.3 is 5.73 Å². The summed E-state index contributed by atoms with van der Waals surface area (Å²) in [6, 6.07) is 10.6. The van der Waals surface area contributed by atoms with Crippen LogP contribution in [0.5, 0.6) is 0 Å². The van der Waals surface area contributed by atoms with E-state index in [1.807, 2.05) is 0 Å². The summed E-state index contributed by atoms with van der Waals surface area (Å²) in [5.41, 5.74) is 7.71. The van der Waals surface area contributed by atoms with Crippen LogP contribution in [0.2, 0.25) is 0 Å². The SMILES string of the molecule is CC[C@@]1(N)CCN(Cc2ccccc2)C1. The summed E-state index contributed by atoms with van der Waals surface area (Å²) >= 11 is 0. The molecule has 1 fully saturated rings. The maximum atomic E-state index is 6.26. The lowest BCUT2D eigenvalue weighted by molar-refractivity contribution is 0.300. The van der Waals surface area contributed by atoms with Crippen LogP contribution in [0.15, 0.2) is 30.3 Å². The number of likely N-dealkylation sites (tertiary alicyclic amines) is 1. The molecule has 1 aliphatic heterocycles. The molecule has 1 aromatic rings. The topological polar surface area (TPSA) is 29.3 Å². The third kappa shape index (κ3) is 2.58. The Balaban J connectivity index is 1.93. The van der Waals surface area contributed by atoms with Crippen LogP contribution >= 0.6 is 0 Å². The molecule has 0 radical (unpaired) electrons. The molecular formula is C13H20N2. The molecule has 0 saturated carbocycles. The van der Waals surface area contributed by atoms with E-state index < -0.39 is 0 Å². The monoisotopic (exact) mass is 204 g/mol. The first kappa shape index (κ1) is 10.7. The van der Waals surface area contributed by atoms with Crippen LogP contribution in [0.1, 0.15) is 25.3 Å². The Morgan fingerprint density at radius 1 is 1.33 bits per heavy atom. The van der Waals surface area contributed by atoms with E-state index in [9.17, 15) is 0 Å². The highest BCUT2D eigenvalue weighted by Gasteiger charge is 2.32. The predicted octanol–water partition coefficient (Wildman–Crippen LogP) is 2.00. The van der Waals surface area contributed by atoms with Crippen molar-refractivity contribution in [2.45, 2.75) is 31.8 Å². The van der Waals surface area contributed by atoms with Crippen molar-refractivity contribution in [2.75, 3.05) is 13.1 Å². The number of hydrogen-bond acceptors (Lipinski definition) is 2. The average Bonchev–Trinajstić information content (AvgIpc) is 2.63. The van der Waals surface area contributed by atoms with Crippen molar-refractivity contribution in [2.24, 2.45) is 5.73 Å². The van der Waals surface area contributed by atoms with Gasteiger partial charge in [-0.3, -0.25) is 4.90 Å². The molecule has 15 heavy (non-hydrogen) atoms. The highest BCUT2D eigenvalue weighted by molar-refractivity contribution is 5.15. The van der Waals surface area contributed by atoms with Crippen LogP contribution < -0.4 is 5.73 Å². The number of nitrogens with two attached hydrogens (primary N) is 1. The Morgan fingerprint density at radius 3 is 2.67 bits per heavy atom. The minimum atomic E-state index is 0.0643. The van der Waals surface area contributed by atoms with Gasteiger partial charge in [-0.05, 0) is 18.4 Å². The fraction of sp³-hybridized carbons (Fsp3) is 0.538. The van der Waals surface area contributed by atoms with E-state index >= 15 is 0 Å². The van der Waals surface area contributed by atoms with Crippen molar-refractivity contribution < 1.29 is 0 Å². The molecule has 0 aromatic heterocycles. The Labute approximate surface area is 92.1 Å². The molecule has 0 spiro atoms. The molecule has 0 aliphatic carbocycles. The van der Waals surface area contributed by atoms with Gasteiger partial charge in [0.2, 0.25) is 0 Å². The first-order valence-electron chi connectivity index (χ1n) is 5.77. The van der Waals surface area contributed by atoms with Crippen molar-refractivity contribution in [3.8, 4) is 0 Å². The smallest absolute Gasteiger partial charge is 0.0293 e. The average molecular weight is 204 g/mol. The fourth-order valence-corrected chi connectivity index (χ4v) is 2.25. The van der Waals surface area contributed by atoms with Gasteiger partial charge in [-0.25, -0.2) is 0 Å². The lowest BCUT2D eigenvalue weighted by Crippen LogP contribution is -2.41. The summed E-state index contributed by atoms with van der Waals surface area (Å²) in [7, 11) is 0. The molecule has 82 valence electrons. The summed E-state index contributed by atoms with van der Waals surface area (Å²) in [5.74, 6) is 0. The zero-order chi connectivity index (χ0) is 10.7. The zero-order valence-electron chi connectivity index (χ0n) is 9.45. The maximum Gasteiger partial charge on any atom is 0.0293 e. The van der Waals surface area contributed by atoms with Crippen molar-refractivity contribution in [3.05, 3.63) is 35.9 Å². The van der Waals surface area contributed by atoms with Crippen LogP contribution in [0.25, 0.3) is 0 Å². The molecule has 1 saturated heterocycles. The molecule has 1 heterocycles. The number of rotatable bonds is 3. The van der Waals surface area contributed by atoms with Crippen LogP contribution in [0.4, 0.5) is 0 Å². The van der Waals surface area contributed by atoms with Gasteiger partial charge in [0.15, 0.2) is 0 Å². The van der Waals surface area contributed by atoms with Gasteiger partial charge in [-0.1, -0.05) is 37.3 Å². The van der Waals surface area contributed by atoms with E-state index in [0.29, 0.717) is 0 Å². The Morgan fingerprint density at radius 2 is 2.07 bits per heavy atom. The molecule has 0 bridgehead atoms. The van der Waals surface area contributed by atoms with Crippen molar-refractivity contribution in [1.29, 1.82) is 0 Å². The standard InChI is InChI=1S/C13H20N2/c1-2-13(14)8-9-15(11-13)10-12-6-4-3-5-7-12/h3-7H,2,8-11,14H2,1H3/t13-/m1/s1. The predicted molar refractivity (Wildman–Crippen MR) is 63.5 cm³/mol. The molecule has 1 atom stereocenters. The number of hydrogen-bond donors (Lipinski definition) is 1. The van der Waals surface area contributed by atoms with Crippen LogP contribution in [0, 0.1) is 0 Å². The molecule has 1 aromatic carbocycles. The van der Waals surface area contributed by atoms with Gasteiger partial charge in [-0.2, -0.15) is 0 Å². The highest BCUT2D eigenvalue weighted by Crippen LogP contribution is 2.23. The summed E-state index contributed by atoms with van der Waals surface area (Å²) in [6.45, 7) is 5.41. The zero-order valence-corrected chi connectivity index (χ0v) is 9.45. The van der Waals surface area contributed by atoms with Gasteiger partial charge in [0.1, 0.15) is 0 Å². The summed E-state index contributed by atoms with van der Waals surface area (Å²) in [4.78, 5) is 2.46. The summed E-state index contributed by atoms with van der Waals surface area (Å²) in [5, 5.41) is 0. The van der Waals surface area contributed by atoms with Crippen molar-refractivity contribution >= 4 is 0 Å². The van der Waals surface area contributed by atoms with Crippen molar-refractivity contribution in [1.82, 2.24) is 4.90 Å². The Hall–Kier alpha value is -0.860. The third-order valence-corrected chi connectivity index (χ3v) is 3.42. The van der Waals surface area contributed by atoms with Gasteiger partial charge in [0.25, 0.3) is 0 Å². The summed E-state index contributed by atoms with van der Waals surface area (Å²) < 4.78 is 0. The van der Waals surface area contributed by atoms with Gasteiger partial charge in [-0.15, -0.1) is 0 Å². The van der Waals surface area contributed by atoms with Crippen LogP contribution in [0.3, 0.4) is 0 Å². The Kier molecular flexibility index (Phi) is 3.08. The lowest BCUT2D eigenvalue weighted by atomic mass is 9.97. The molecule has 2 N–H and O–H groups in total. The van der Waals surface area contributed by atoms with Crippen molar-refractivity contribution in [3.63, 3.8) is 0 Å². The molecular weight excluding hydrogens is 184 g/mol. The third-order valence-electron chi connectivity index (χ3n) is 3.42. The fourth-order valence-electron chi connectivity index (χ4n) is 2.25. The number of nitrogens with zero attached hydrogens (tertiary/aromatic N) is 1. The minimum Gasteiger partial charge on any atom is -0.324 e. The first-order valence-corrected chi connectivity index (χ1v) is 5.77. The van der Waals surface area contributed by atoms with Gasteiger partial charge >= 0.3 is 0 Å². The van der Waals surface area contributed by atoms with Crippen LogP contribution in [-0.2, 0) is 6.54 Å². The van der Waals surface area contributed by atoms with E-state index in [4.69, 9.17) is 5.73 Å². The number of benzene rings is 1. The second-order valence-electron chi connectivity index (χ2n) is 4.66. The molecule has 2 heteroatoms. The van der Waals surface area contributed by atoms with E-state index in [1.54, 1.807) is 0 Å². The maximum absolute atomic E-state index is 6.26. The summed E-state index contributed by atoms with van der Waals surface area (Å²) in [6.07, 6.45) is 2.22. The lowest BCUT2D eigenvalue weighted by Gasteiger charge is -2.22. The molecule has 0 unspecified atom stereocenters. The minimum absolute atomic E-state index is 0.0643. The highest BCUT2D eigenvalue weighted by atomic mass is 15.2. The van der Waals surface area contributed by atoms with E-state index in [-0.39, 0.29) is 5.54 Å². The van der Waals surface area contributed by atoms with E-state index in [1.165, 1.54) is 5.56 Å². The van der Waals surface area contributed by atoms with E-state index in [0.717, 1.165) is 32.5 Å². The molecule has 2 rings (SSSR count). The molecule has 0 amide bonds. The molecule has 1 aliphatic rings. The molecule has 2 nitrogen and oxygen atoms in total. The normalized spacial score (nSPS) is 27.1. The van der Waals surface area contributed by atoms with E-state index in [2.05, 4.69) is 42.2 Å². The second kappa shape index (κ2) is 4.33. The van der Waals surface area contributed by atoms with Gasteiger partial charge in [0.05, 0.1) is 0 Å².